The standard InChI is InChI=1S/C18H19FN2O.ClH/c1-14-4-2-3-5-17(14)18(22)21-12-10-20(11-13-21)16-8-6-15(19)7-9-16;/h2-9H,10-13H2,1H3;1H. The van der Waals surface area contributed by atoms with Crippen LogP contribution in [0.2, 0.25) is 0 Å². The molecule has 5 heteroatoms. The van der Waals surface area contributed by atoms with Crippen LogP contribution in [0.3, 0.4) is 0 Å². The Morgan fingerprint density at radius 2 is 1.65 bits per heavy atom. The molecule has 0 aromatic heterocycles. The lowest BCUT2D eigenvalue weighted by molar-refractivity contribution is -0.837. The Hall–Kier alpha value is -1.91. The largest absolute Gasteiger partial charge is 1.00 e. The Bertz CT molecular complexity index is 667. The SMILES string of the molecule is Cc1ccccc1C(=O)N1CC[NH+](c2ccc(F)cc2)CC1.[Cl-]. The first-order chi connectivity index (χ1) is 10.6. The minimum Gasteiger partial charge on any atom is -1.00 e. The summed E-state index contributed by atoms with van der Waals surface area (Å²) in [4.78, 5) is 15.8. The van der Waals surface area contributed by atoms with E-state index in [1.807, 2.05) is 48.2 Å². The smallest absolute Gasteiger partial charge is 0.254 e. The van der Waals surface area contributed by atoms with E-state index in [0.717, 1.165) is 43.0 Å². The van der Waals surface area contributed by atoms with Crippen LogP contribution in [0.15, 0.2) is 48.5 Å². The normalized spacial score (nSPS) is 15.1. The van der Waals surface area contributed by atoms with Crippen LogP contribution in [0.5, 0.6) is 0 Å². The molecule has 0 saturated carbocycles. The van der Waals surface area contributed by atoms with Crippen molar-refractivity contribution >= 4 is 11.6 Å². The second kappa shape index (κ2) is 7.57. The third-order valence-corrected chi connectivity index (χ3v) is 4.28. The molecule has 1 aliphatic heterocycles. The van der Waals surface area contributed by atoms with E-state index in [0.29, 0.717) is 0 Å². The number of benzene rings is 2. The fourth-order valence-corrected chi connectivity index (χ4v) is 2.94. The number of piperazine rings is 1. The average molecular weight is 335 g/mol. The number of carbonyl (C=O) groups is 1. The van der Waals surface area contributed by atoms with E-state index < -0.39 is 0 Å². The lowest BCUT2D eigenvalue weighted by Crippen LogP contribution is -3.10. The molecule has 0 spiro atoms. The molecule has 0 aliphatic carbocycles. The van der Waals surface area contributed by atoms with E-state index >= 15 is 0 Å². The third-order valence-electron chi connectivity index (χ3n) is 4.28. The summed E-state index contributed by atoms with van der Waals surface area (Å²) in [6, 6.07) is 14.3. The van der Waals surface area contributed by atoms with Gasteiger partial charge in [0.2, 0.25) is 0 Å². The first-order valence-corrected chi connectivity index (χ1v) is 7.60. The zero-order valence-corrected chi connectivity index (χ0v) is 13.8. The van der Waals surface area contributed by atoms with Crippen LogP contribution in [0.1, 0.15) is 15.9 Å². The Balaban J connectivity index is 0.00000192. The summed E-state index contributed by atoms with van der Waals surface area (Å²) >= 11 is 0. The van der Waals surface area contributed by atoms with Gasteiger partial charge in [0, 0.05) is 17.7 Å². The number of hydrogen-bond donors (Lipinski definition) is 1. The molecule has 2 aromatic carbocycles. The molecule has 0 atom stereocenters. The molecular formula is C18H20ClFN2O. The second-order valence-electron chi connectivity index (χ2n) is 5.72. The highest BCUT2D eigenvalue weighted by Gasteiger charge is 2.26. The maximum Gasteiger partial charge on any atom is 0.254 e. The van der Waals surface area contributed by atoms with Gasteiger partial charge >= 0.3 is 0 Å². The fourth-order valence-electron chi connectivity index (χ4n) is 2.94. The molecule has 1 heterocycles. The average Bonchev–Trinajstić information content (AvgIpc) is 2.56. The quantitative estimate of drug-likeness (QED) is 0.734. The highest BCUT2D eigenvalue weighted by Crippen LogP contribution is 2.11. The van der Waals surface area contributed by atoms with Crippen molar-refractivity contribution < 1.29 is 26.5 Å². The molecule has 3 nitrogen and oxygen atoms in total. The van der Waals surface area contributed by atoms with E-state index in [1.54, 1.807) is 0 Å². The van der Waals surface area contributed by atoms with Gasteiger partial charge in [-0.2, -0.15) is 0 Å². The topological polar surface area (TPSA) is 24.8 Å². The molecule has 3 rings (SSSR count). The number of rotatable bonds is 2. The van der Waals surface area contributed by atoms with Gasteiger partial charge < -0.3 is 17.3 Å². The van der Waals surface area contributed by atoms with Crippen LogP contribution in [0.4, 0.5) is 10.1 Å². The molecule has 1 amide bonds. The molecule has 0 radical (unpaired) electrons. The monoisotopic (exact) mass is 334 g/mol. The molecule has 0 unspecified atom stereocenters. The van der Waals surface area contributed by atoms with Crippen LogP contribution >= 0.6 is 0 Å². The summed E-state index contributed by atoms with van der Waals surface area (Å²) < 4.78 is 13.0. The number of nitrogens with zero attached hydrogens (tertiary/aromatic N) is 1. The summed E-state index contributed by atoms with van der Waals surface area (Å²) in [5.74, 6) is -0.104. The van der Waals surface area contributed by atoms with Crippen molar-refractivity contribution in [3.05, 3.63) is 65.5 Å². The van der Waals surface area contributed by atoms with E-state index in [2.05, 4.69) is 0 Å². The van der Waals surface area contributed by atoms with Gasteiger partial charge in [0.05, 0.1) is 26.2 Å². The number of carbonyl (C=O) groups excluding carboxylic acids is 1. The molecule has 2 aromatic rings. The summed E-state index contributed by atoms with van der Waals surface area (Å²) in [5.41, 5.74) is 2.89. The molecule has 1 fully saturated rings. The molecule has 23 heavy (non-hydrogen) atoms. The predicted octanol–water partition coefficient (Wildman–Crippen LogP) is -1.19. The van der Waals surface area contributed by atoms with Crippen LogP contribution in [-0.2, 0) is 0 Å². The van der Waals surface area contributed by atoms with Gasteiger partial charge in [-0.05, 0) is 30.7 Å². The summed E-state index contributed by atoms with van der Waals surface area (Å²) in [5, 5.41) is 0. The number of quaternary nitrogens is 1. The molecule has 1 aliphatic rings. The van der Waals surface area contributed by atoms with E-state index in [1.165, 1.54) is 17.0 Å². The Morgan fingerprint density at radius 1 is 1.04 bits per heavy atom. The number of nitrogens with one attached hydrogen (secondary N) is 1. The second-order valence-corrected chi connectivity index (χ2v) is 5.72. The Labute approximate surface area is 142 Å². The van der Waals surface area contributed by atoms with Crippen molar-refractivity contribution in [2.75, 3.05) is 26.2 Å². The maximum atomic E-state index is 13.0. The van der Waals surface area contributed by atoms with Crippen LogP contribution in [0.25, 0.3) is 0 Å². The predicted molar refractivity (Wildman–Crippen MR) is 83.8 cm³/mol. The van der Waals surface area contributed by atoms with Gasteiger partial charge in [-0.25, -0.2) is 4.39 Å². The lowest BCUT2D eigenvalue weighted by atomic mass is 10.1. The zero-order valence-electron chi connectivity index (χ0n) is 13.1. The summed E-state index contributed by atoms with van der Waals surface area (Å²) in [6.45, 7) is 5.11. The molecule has 122 valence electrons. The van der Waals surface area contributed by atoms with Gasteiger partial charge in [-0.3, -0.25) is 9.69 Å². The first-order valence-electron chi connectivity index (χ1n) is 7.60. The van der Waals surface area contributed by atoms with Crippen molar-refractivity contribution in [1.82, 2.24) is 4.90 Å². The Morgan fingerprint density at radius 3 is 2.26 bits per heavy atom. The van der Waals surface area contributed by atoms with E-state index in [9.17, 15) is 9.18 Å². The van der Waals surface area contributed by atoms with Crippen molar-refractivity contribution in [2.45, 2.75) is 6.92 Å². The maximum absolute atomic E-state index is 13.0. The zero-order chi connectivity index (χ0) is 15.5. The van der Waals surface area contributed by atoms with Crippen molar-refractivity contribution in [3.63, 3.8) is 0 Å². The van der Waals surface area contributed by atoms with Gasteiger partial charge in [-0.1, -0.05) is 18.2 Å². The summed E-state index contributed by atoms with van der Waals surface area (Å²) in [6.07, 6.45) is 0. The van der Waals surface area contributed by atoms with E-state index in [4.69, 9.17) is 0 Å². The number of amides is 1. The molecule has 1 saturated heterocycles. The van der Waals surface area contributed by atoms with Crippen LogP contribution < -0.4 is 17.3 Å². The number of halogens is 2. The fraction of sp³-hybridized carbons (Fsp3) is 0.278. The third kappa shape index (κ3) is 3.89. The van der Waals surface area contributed by atoms with Crippen molar-refractivity contribution in [2.24, 2.45) is 0 Å². The van der Waals surface area contributed by atoms with Gasteiger partial charge in [0.1, 0.15) is 11.5 Å². The highest BCUT2D eigenvalue weighted by molar-refractivity contribution is 5.95. The minimum absolute atomic E-state index is 0. The minimum atomic E-state index is -0.212. The molecular weight excluding hydrogens is 315 g/mol. The van der Waals surface area contributed by atoms with Gasteiger partial charge in [-0.15, -0.1) is 0 Å². The highest BCUT2D eigenvalue weighted by atomic mass is 35.5. The number of hydrogen-bond acceptors (Lipinski definition) is 1. The Kier molecular flexibility index (Phi) is 5.74. The summed E-state index contributed by atoms with van der Waals surface area (Å²) in [7, 11) is 0. The van der Waals surface area contributed by atoms with Gasteiger partial charge in [0.15, 0.2) is 0 Å². The van der Waals surface area contributed by atoms with Gasteiger partial charge in [0.25, 0.3) is 5.91 Å². The molecule has 1 N–H and O–H groups in total. The molecule has 0 bridgehead atoms. The van der Waals surface area contributed by atoms with Crippen molar-refractivity contribution in [3.8, 4) is 0 Å². The van der Waals surface area contributed by atoms with Crippen LogP contribution in [0, 0.1) is 12.7 Å². The number of aryl methyl sites for hydroxylation is 1. The lowest BCUT2D eigenvalue weighted by Gasteiger charge is -2.32. The van der Waals surface area contributed by atoms with Crippen molar-refractivity contribution in [1.29, 1.82) is 0 Å². The first kappa shape index (κ1) is 17.4. The van der Waals surface area contributed by atoms with E-state index in [-0.39, 0.29) is 24.1 Å². The van der Waals surface area contributed by atoms with Crippen LogP contribution in [-0.4, -0.2) is 37.0 Å².